The Hall–Kier alpha value is -3.69. The minimum Gasteiger partial charge on any atom is -0.458 e. The zero-order valence-corrected chi connectivity index (χ0v) is 28.8. The summed E-state index contributed by atoms with van der Waals surface area (Å²) in [7, 11) is 0. The summed E-state index contributed by atoms with van der Waals surface area (Å²) in [4.78, 5) is 69.6. The molecule has 14 heteroatoms. The van der Waals surface area contributed by atoms with Crippen LogP contribution in [0.15, 0.2) is 48.1 Å². The Bertz CT molecular complexity index is 1370. The SMILES string of the molecule is C=C(C(=O)O[C@@H]1[C@@H]2[C@@H](OC(C)=O)C(=C)[C@H](O)[C@@H](OC(=O)/C(C)=C\C)[C@@H](OC(C)=O)C(C)(C)/C=C/[C@@](C)(O)C(=O)[C@@]2(O)C[C@@H]1C)C(C)OO. The van der Waals surface area contributed by atoms with Crippen LogP contribution in [0.25, 0.3) is 0 Å². The van der Waals surface area contributed by atoms with E-state index in [0.717, 1.165) is 26.8 Å². The first kappa shape index (κ1) is 40.5. The van der Waals surface area contributed by atoms with Crippen LogP contribution in [-0.2, 0) is 47.8 Å². The molecule has 1 saturated carbocycles. The molecule has 48 heavy (non-hydrogen) atoms. The Labute approximate surface area is 279 Å². The molecule has 0 aliphatic heterocycles. The van der Waals surface area contributed by atoms with Crippen molar-refractivity contribution in [3.8, 4) is 0 Å². The van der Waals surface area contributed by atoms with Crippen molar-refractivity contribution >= 4 is 29.7 Å². The molecule has 1 unspecified atom stereocenters. The zero-order chi connectivity index (χ0) is 37.1. The summed E-state index contributed by atoms with van der Waals surface area (Å²) in [6.45, 7) is 19.6. The van der Waals surface area contributed by atoms with Gasteiger partial charge in [0.2, 0.25) is 0 Å². The van der Waals surface area contributed by atoms with Crippen molar-refractivity contribution in [2.75, 3.05) is 0 Å². The first-order valence-corrected chi connectivity index (χ1v) is 15.4. The van der Waals surface area contributed by atoms with Gasteiger partial charge in [-0.2, -0.15) is 0 Å². The van der Waals surface area contributed by atoms with E-state index in [0.29, 0.717) is 0 Å². The van der Waals surface area contributed by atoms with Crippen LogP contribution in [-0.4, -0.2) is 98.1 Å². The molecule has 2 rings (SSSR count). The van der Waals surface area contributed by atoms with Crippen LogP contribution in [0.4, 0.5) is 0 Å². The van der Waals surface area contributed by atoms with Crippen LogP contribution in [0.1, 0.15) is 68.7 Å². The number of ketones is 1. The number of ether oxygens (including phenoxy) is 4. The number of carbonyl (C=O) groups is 5. The molecule has 1 fully saturated rings. The number of esters is 4. The molecule has 2 aliphatic rings. The molecule has 0 heterocycles. The molecule has 4 N–H and O–H groups in total. The van der Waals surface area contributed by atoms with Gasteiger partial charge in [0, 0.05) is 24.8 Å². The van der Waals surface area contributed by atoms with Gasteiger partial charge in [-0.05, 0) is 51.7 Å². The Kier molecular flexibility index (Phi) is 12.9. The fourth-order valence-corrected chi connectivity index (χ4v) is 6.02. The molecule has 14 nitrogen and oxygen atoms in total. The third-order valence-electron chi connectivity index (χ3n) is 8.94. The molecule has 268 valence electrons. The molecule has 0 amide bonds. The second-order valence-corrected chi connectivity index (χ2v) is 13.3. The summed E-state index contributed by atoms with van der Waals surface area (Å²) in [6.07, 6.45) is -6.33. The standard InChI is InChI=1S/C34H48O14/c1-12-16(2)29(38)47-27-24(37)19(5)26(44-21(7)35)23-25(46-30(39)18(4)20(6)48-43)17(3)15-34(23,42)31(40)33(11,41)14-13-32(9,10)28(27)45-22(8)36/h12-14,17,20,23-28,37,41-43H,4-5,15H2,1-3,6-11H3/b14-13+,16-12-/t17-,20?,23+,24-,25-,26-,27+,28+,33+,34+/m0/s1. The van der Waals surface area contributed by atoms with Gasteiger partial charge in [0.1, 0.15) is 41.7 Å². The van der Waals surface area contributed by atoms with E-state index in [1.165, 1.54) is 46.8 Å². The molecule has 10 atom stereocenters. The minimum absolute atomic E-state index is 0.131. The first-order valence-electron chi connectivity index (χ1n) is 15.4. The van der Waals surface area contributed by atoms with Gasteiger partial charge in [-0.1, -0.05) is 46.1 Å². The maximum atomic E-state index is 14.2. The Morgan fingerprint density at radius 1 is 0.958 bits per heavy atom. The van der Waals surface area contributed by atoms with Crippen molar-refractivity contribution in [2.45, 2.75) is 117 Å². The largest absolute Gasteiger partial charge is 0.458 e. The van der Waals surface area contributed by atoms with E-state index in [4.69, 9.17) is 24.2 Å². The molecule has 0 radical (unpaired) electrons. The number of aliphatic hydroxyl groups is 3. The maximum Gasteiger partial charge on any atom is 0.336 e. The lowest BCUT2D eigenvalue weighted by atomic mass is 9.71. The van der Waals surface area contributed by atoms with Gasteiger partial charge >= 0.3 is 23.9 Å². The van der Waals surface area contributed by atoms with Crippen LogP contribution in [0.3, 0.4) is 0 Å². The van der Waals surface area contributed by atoms with E-state index in [1.54, 1.807) is 6.92 Å². The van der Waals surface area contributed by atoms with Crippen LogP contribution >= 0.6 is 0 Å². The predicted molar refractivity (Wildman–Crippen MR) is 169 cm³/mol. The van der Waals surface area contributed by atoms with E-state index in [-0.39, 0.29) is 11.1 Å². The third-order valence-corrected chi connectivity index (χ3v) is 8.94. The van der Waals surface area contributed by atoms with E-state index >= 15 is 0 Å². The van der Waals surface area contributed by atoms with Crippen molar-refractivity contribution < 1.29 is 68.4 Å². The van der Waals surface area contributed by atoms with Crippen molar-refractivity contribution in [1.82, 2.24) is 0 Å². The van der Waals surface area contributed by atoms with Crippen molar-refractivity contribution in [2.24, 2.45) is 17.3 Å². The van der Waals surface area contributed by atoms with Gasteiger partial charge < -0.3 is 34.3 Å². The molecule has 0 aromatic rings. The minimum atomic E-state index is -2.59. The predicted octanol–water partition coefficient (Wildman–Crippen LogP) is 2.29. The van der Waals surface area contributed by atoms with E-state index in [2.05, 4.69) is 18.0 Å². The van der Waals surface area contributed by atoms with E-state index < -0.39 is 107 Å². The lowest BCUT2D eigenvalue weighted by Crippen LogP contribution is -2.60. The molecule has 0 bridgehead atoms. The van der Waals surface area contributed by atoms with Crippen LogP contribution in [0, 0.1) is 17.3 Å². The number of Topliss-reactive ketones (excluding diaryl/α,β-unsaturated/α-hetero) is 1. The summed E-state index contributed by atoms with van der Waals surface area (Å²) in [5.74, 6) is -7.53. The average Bonchev–Trinajstić information content (AvgIpc) is 3.26. The smallest absolute Gasteiger partial charge is 0.336 e. The number of allylic oxidation sites excluding steroid dienone is 1. The van der Waals surface area contributed by atoms with Gasteiger partial charge in [-0.25, -0.2) is 14.5 Å². The monoisotopic (exact) mass is 680 g/mol. The first-order chi connectivity index (χ1) is 22.0. The quantitative estimate of drug-likeness (QED) is 0.0724. The highest BCUT2D eigenvalue weighted by Gasteiger charge is 2.64. The van der Waals surface area contributed by atoms with E-state index in [1.807, 2.05) is 0 Å². The Balaban J connectivity index is 2.99. The molecule has 2 aliphatic carbocycles. The molecular weight excluding hydrogens is 632 g/mol. The lowest BCUT2D eigenvalue weighted by Gasteiger charge is -2.44. The Morgan fingerprint density at radius 3 is 2.00 bits per heavy atom. The highest BCUT2D eigenvalue weighted by molar-refractivity contribution is 5.97. The molecular formula is C34H48O14. The zero-order valence-electron chi connectivity index (χ0n) is 28.8. The van der Waals surface area contributed by atoms with Gasteiger partial charge in [0.15, 0.2) is 11.9 Å². The number of carbonyl (C=O) groups excluding carboxylic acids is 5. The van der Waals surface area contributed by atoms with Gasteiger partial charge in [0.25, 0.3) is 0 Å². The van der Waals surface area contributed by atoms with Gasteiger partial charge in [-0.15, -0.1) is 0 Å². The number of aliphatic hydroxyl groups excluding tert-OH is 1. The van der Waals surface area contributed by atoms with Gasteiger partial charge in [-0.3, -0.25) is 19.6 Å². The molecule has 0 spiro atoms. The number of hydrogen-bond acceptors (Lipinski definition) is 14. The van der Waals surface area contributed by atoms with Crippen molar-refractivity contribution in [3.05, 3.63) is 48.1 Å². The summed E-state index contributed by atoms with van der Waals surface area (Å²) in [5, 5.41) is 44.8. The van der Waals surface area contributed by atoms with Gasteiger partial charge in [0.05, 0.1) is 11.5 Å². The second kappa shape index (κ2) is 15.2. The number of hydrogen-bond donors (Lipinski definition) is 4. The summed E-state index contributed by atoms with van der Waals surface area (Å²) < 4.78 is 22.6. The summed E-state index contributed by atoms with van der Waals surface area (Å²) >= 11 is 0. The highest BCUT2D eigenvalue weighted by Crippen LogP contribution is 2.49. The fourth-order valence-electron chi connectivity index (χ4n) is 6.02. The lowest BCUT2D eigenvalue weighted by molar-refractivity contribution is -0.264. The molecule has 0 aromatic carbocycles. The summed E-state index contributed by atoms with van der Waals surface area (Å²) in [6, 6.07) is 0. The summed E-state index contributed by atoms with van der Waals surface area (Å²) in [5.41, 5.74) is -7.03. The number of fused-ring (bicyclic) bond motifs is 1. The van der Waals surface area contributed by atoms with E-state index in [9.17, 15) is 39.3 Å². The Morgan fingerprint density at radius 2 is 1.50 bits per heavy atom. The number of rotatable bonds is 8. The third kappa shape index (κ3) is 8.47. The van der Waals surface area contributed by atoms with Crippen LogP contribution < -0.4 is 0 Å². The molecule has 0 saturated heterocycles. The normalized spacial score (nSPS) is 35.2. The van der Waals surface area contributed by atoms with Crippen LogP contribution in [0.5, 0.6) is 0 Å². The average molecular weight is 681 g/mol. The van der Waals surface area contributed by atoms with Crippen molar-refractivity contribution in [1.29, 1.82) is 0 Å². The second-order valence-electron chi connectivity index (χ2n) is 13.3. The van der Waals surface area contributed by atoms with Crippen LogP contribution in [0.2, 0.25) is 0 Å². The molecule has 0 aromatic heterocycles. The topological polar surface area (TPSA) is 212 Å². The maximum absolute atomic E-state index is 14.2. The highest BCUT2D eigenvalue weighted by atomic mass is 17.1. The fraction of sp³-hybridized carbons (Fsp3) is 0.618. The van der Waals surface area contributed by atoms with Crippen molar-refractivity contribution in [3.63, 3.8) is 0 Å².